The first-order chi connectivity index (χ1) is 16.8. The molecular weight excluding hydrogens is 464 g/mol. The maximum absolute atomic E-state index is 13.2. The van der Waals surface area contributed by atoms with Crippen LogP contribution in [-0.2, 0) is 10.0 Å². The van der Waals surface area contributed by atoms with Gasteiger partial charge in [-0.05, 0) is 42.0 Å². The lowest BCUT2D eigenvalue weighted by Crippen LogP contribution is -2.51. The fraction of sp³-hybridized carbons (Fsp3) is 0.192. The van der Waals surface area contributed by atoms with Crippen molar-refractivity contribution in [2.75, 3.05) is 26.2 Å². The molecule has 0 saturated carbocycles. The molecule has 1 aliphatic rings. The number of amides is 1. The topological polar surface area (TPSA) is 92.6 Å². The van der Waals surface area contributed by atoms with Crippen LogP contribution in [0.4, 0.5) is 0 Å². The van der Waals surface area contributed by atoms with Gasteiger partial charge in [0.15, 0.2) is 5.69 Å². The number of nitrogens with zero attached hydrogens (tertiary/aromatic N) is 4. The fourth-order valence-electron chi connectivity index (χ4n) is 4.28. The van der Waals surface area contributed by atoms with Gasteiger partial charge in [0.25, 0.3) is 5.91 Å². The predicted octanol–water partition coefficient (Wildman–Crippen LogP) is 2.84. The Hall–Kier alpha value is -3.82. The lowest BCUT2D eigenvalue weighted by atomic mass is 10.1. The van der Waals surface area contributed by atoms with Gasteiger partial charge in [0.2, 0.25) is 15.5 Å². The first-order valence-electron chi connectivity index (χ1n) is 11.3. The molecule has 0 radical (unpaired) electrons. The zero-order chi connectivity index (χ0) is 24.6. The highest BCUT2D eigenvalue weighted by Crippen LogP contribution is 2.23. The standard InChI is InChI=1S/C26H24N4O4S/c1-19-17-24(31)25(27-30(19)22-9-3-2-4-10-22)26(32)28-13-15-29(16-14-28)35(33,34)23-12-11-20-7-5-6-8-21(20)18-23/h2-12,17-18H,13-16H2,1H3. The molecule has 178 valence electrons. The Morgan fingerprint density at radius 3 is 2.20 bits per heavy atom. The maximum Gasteiger partial charge on any atom is 0.278 e. The number of hydrogen-bond donors (Lipinski definition) is 0. The van der Waals surface area contributed by atoms with Crippen molar-refractivity contribution in [2.24, 2.45) is 0 Å². The Morgan fingerprint density at radius 1 is 0.829 bits per heavy atom. The second-order valence-electron chi connectivity index (χ2n) is 8.45. The first kappa shape index (κ1) is 22.9. The molecule has 0 atom stereocenters. The Morgan fingerprint density at radius 2 is 1.49 bits per heavy atom. The molecule has 35 heavy (non-hydrogen) atoms. The van der Waals surface area contributed by atoms with Crippen LogP contribution in [0.15, 0.2) is 88.6 Å². The van der Waals surface area contributed by atoms with Crippen molar-refractivity contribution >= 4 is 26.7 Å². The summed E-state index contributed by atoms with van der Waals surface area (Å²) in [6, 6.07) is 23.3. The van der Waals surface area contributed by atoms with E-state index in [1.165, 1.54) is 15.3 Å². The zero-order valence-corrected chi connectivity index (χ0v) is 20.0. The summed E-state index contributed by atoms with van der Waals surface area (Å²) in [6.45, 7) is 2.38. The molecule has 1 fully saturated rings. The summed E-state index contributed by atoms with van der Waals surface area (Å²) in [7, 11) is -3.71. The van der Waals surface area contributed by atoms with Gasteiger partial charge in [-0.15, -0.1) is 0 Å². The molecule has 0 aliphatic carbocycles. The van der Waals surface area contributed by atoms with E-state index < -0.39 is 21.4 Å². The molecule has 3 aromatic carbocycles. The molecule has 1 aromatic heterocycles. The van der Waals surface area contributed by atoms with Crippen molar-refractivity contribution in [3.8, 4) is 5.69 Å². The van der Waals surface area contributed by atoms with Gasteiger partial charge < -0.3 is 4.90 Å². The van der Waals surface area contributed by atoms with Crippen molar-refractivity contribution in [1.29, 1.82) is 0 Å². The van der Waals surface area contributed by atoms with Crippen molar-refractivity contribution in [2.45, 2.75) is 11.8 Å². The predicted molar refractivity (Wildman–Crippen MR) is 133 cm³/mol. The minimum atomic E-state index is -3.71. The van der Waals surface area contributed by atoms with Crippen LogP contribution >= 0.6 is 0 Å². The Bertz CT molecular complexity index is 1570. The minimum Gasteiger partial charge on any atom is -0.334 e. The fourth-order valence-corrected chi connectivity index (χ4v) is 5.74. The Balaban J connectivity index is 1.35. The number of aryl methyl sites for hydroxylation is 1. The van der Waals surface area contributed by atoms with Crippen molar-refractivity contribution in [3.63, 3.8) is 0 Å². The largest absolute Gasteiger partial charge is 0.334 e. The summed E-state index contributed by atoms with van der Waals surface area (Å²) in [5.41, 5.74) is 0.727. The monoisotopic (exact) mass is 488 g/mol. The molecule has 0 N–H and O–H groups in total. The number of aromatic nitrogens is 2. The summed E-state index contributed by atoms with van der Waals surface area (Å²) >= 11 is 0. The van der Waals surface area contributed by atoms with Crippen LogP contribution in [0.5, 0.6) is 0 Å². The van der Waals surface area contributed by atoms with E-state index in [1.54, 1.807) is 29.8 Å². The highest BCUT2D eigenvalue weighted by Gasteiger charge is 2.32. The number of fused-ring (bicyclic) bond motifs is 1. The third-order valence-corrected chi connectivity index (χ3v) is 8.09. The van der Waals surface area contributed by atoms with Gasteiger partial charge in [-0.3, -0.25) is 9.59 Å². The first-order valence-corrected chi connectivity index (χ1v) is 12.7. The molecule has 5 rings (SSSR count). The van der Waals surface area contributed by atoms with Gasteiger partial charge in [-0.25, -0.2) is 13.1 Å². The number of carbonyl (C=O) groups excluding carboxylic acids is 1. The smallest absolute Gasteiger partial charge is 0.278 e. The maximum atomic E-state index is 13.2. The number of para-hydroxylation sites is 1. The molecule has 1 aliphatic heterocycles. The quantitative estimate of drug-likeness (QED) is 0.441. The van der Waals surface area contributed by atoms with E-state index in [2.05, 4.69) is 5.10 Å². The van der Waals surface area contributed by atoms with Crippen molar-refractivity contribution < 1.29 is 13.2 Å². The average Bonchev–Trinajstić information content (AvgIpc) is 2.88. The van der Waals surface area contributed by atoms with Crippen LogP contribution in [0.25, 0.3) is 16.5 Å². The van der Waals surface area contributed by atoms with Gasteiger partial charge >= 0.3 is 0 Å². The van der Waals surface area contributed by atoms with E-state index in [9.17, 15) is 18.0 Å². The molecule has 9 heteroatoms. The van der Waals surface area contributed by atoms with Gasteiger partial charge in [0.05, 0.1) is 10.6 Å². The van der Waals surface area contributed by atoms with E-state index in [4.69, 9.17) is 0 Å². The lowest BCUT2D eigenvalue weighted by molar-refractivity contribution is 0.0688. The Kier molecular flexibility index (Phi) is 5.96. The number of hydrogen-bond acceptors (Lipinski definition) is 5. The molecule has 8 nitrogen and oxygen atoms in total. The third-order valence-electron chi connectivity index (χ3n) is 6.20. The van der Waals surface area contributed by atoms with Crippen LogP contribution < -0.4 is 5.43 Å². The summed E-state index contributed by atoms with van der Waals surface area (Å²) in [5, 5.41) is 6.16. The van der Waals surface area contributed by atoms with E-state index >= 15 is 0 Å². The van der Waals surface area contributed by atoms with Crippen molar-refractivity contribution in [3.05, 3.63) is 100 Å². The minimum absolute atomic E-state index is 0.139. The number of benzene rings is 3. The van der Waals surface area contributed by atoms with E-state index in [0.29, 0.717) is 5.69 Å². The Labute approximate surface area is 203 Å². The zero-order valence-electron chi connectivity index (χ0n) is 19.2. The average molecular weight is 489 g/mol. The molecular formula is C26H24N4O4S. The molecule has 4 aromatic rings. The second-order valence-corrected chi connectivity index (χ2v) is 10.4. The normalized spacial score (nSPS) is 14.8. The van der Waals surface area contributed by atoms with Crippen LogP contribution in [0.2, 0.25) is 0 Å². The van der Waals surface area contributed by atoms with Gasteiger partial charge in [0.1, 0.15) is 0 Å². The lowest BCUT2D eigenvalue weighted by Gasteiger charge is -2.33. The van der Waals surface area contributed by atoms with Gasteiger partial charge in [0, 0.05) is 37.9 Å². The number of sulfonamides is 1. The van der Waals surface area contributed by atoms with Gasteiger partial charge in [-0.2, -0.15) is 9.40 Å². The van der Waals surface area contributed by atoms with Crippen LogP contribution in [-0.4, -0.2) is 59.5 Å². The van der Waals surface area contributed by atoms with E-state index in [0.717, 1.165) is 16.5 Å². The number of carbonyl (C=O) groups is 1. The second kappa shape index (κ2) is 9.09. The molecule has 0 spiro atoms. The molecule has 1 amide bonds. The highest BCUT2D eigenvalue weighted by atomic mass is 32.2. The molecule has 2 heterocycles. The molecule has 1 saturated heterocycles. The molecule has 0 unspecified atom stereocenters. The summed E-state index contributed by atoms with van der Waals surface area (Å²) in [4.78, 5) is 27.5. The van der Waals surface area contributed by atoms with Crippen LogP contribution in [0.1, 0.15) is 16.2 Å². The van der Waals surface area contributed by atoms with Crippen molar-refractivity contribution in [1.82, 2.24) is 19.0 Å². The summed E-state index contributed by atoms with van der Waals surface area (Å²) in [6.07, 6.45) is 0. The summed E-state index contributed by atoms with van der Waals surface area (Å²) < 4.78 is 29.4. The van der Waals surface area contributed by atoms with Crippen LogP contribution in [0, 0.1) is 6.92 Å². The number of rotatable bonds is 4. The molecule has 0 bridgehead atoms. The van der Waals surface area contributed by atoms with Gasteiger partial charge in [-0.1, -0.05) is 48.5 Å². The third kappa shape index (κ3) is 4.36. The SMILES string of the molecule is Cc1cc(=O)c(C(=O)N2CCN(S(=O)(=O)c3ccc4ccccc4c3)CC2)nn1-c1ccccc1. The van der Waals surface area contributed by atoms with E-state index in [1.807, 2.05) is 54.6 Å². The summed E-state index contributed by atoms with van der Waals surface area (Å²) in [5.74, 6) is -0.498. The highest BCUT2D eigenvalue weighted by molar-refractivity contribution is 7.89. The number of piperazine rings is 1. The van der Waals surface area contributed by atoms with Crippen LogP contribution in [0.3, 0.4) is 0 Å². The van der Waals surface area contributed by atoms with E-state index in [-0.39, 0.29) is 36.8 Å².